The Hall–Kier alpha value is -2.98. The van der Waals surface area contributed by atoms with Gasteiger partial charge in [-0.15, -0.1) is 0 Å². The molecule has 0 bridgehead atoms. The maximum Gasteiger partial charge on any atom is 0.123 e. The predicted molar refractivity (Wildman–Crippen MR) is 122 cm³/mol. The van der Waals surface area contributed by atoms with Gasteiger partial charge in [-0.3, -0.25) is 4.90 Å². The van der Waals surface area contributed by atoms with E-state index in [4.69, 9.17) is 0 Å². The van der Waals surface area contributed by atoms with Gasteiger partial charge < -0.3 is 0 Å². The Kier molecular flexibility index (Phi) is 4.09. The smallest absolute Gasteiger partial charge is 0.123 e. The molecule has 1 aliphatic heterocycles. The van der Waals surface area contributed by atoms with Crippen molar-refractivity contribution in [3.05, 3.63) is 95.4 Å². The highest BCUT2D eigenvalue weighted by Crippen LogP contribution is 2.64. The standard InChI is InChI=1S/C27H26FN3/c1-18-12-26-21(14-29-31(26)23-10-8-22(28)9-11-23)13-24(18)27-17-30(16-25(27)19(27)2)15-20-6-4-3-5-7-20/h3-14,19,25H,15-17H2,1-2H3/t19-,25-,27+/m1/s1. The number of hydrogen-bond acceptors (Lipinski definition) is 2. The summed E-state index contributed by atoms with van der Waals surface area (Å²) in [6, 6.07) is 21.9. The van der Waals surface area contributed by atoms with Gasteiger partial charge in [0.15, 0.2) is 0 Å². The van der Waals surface area contributed by atoms with Crippen LogP contribution in [-0.4, -0.2) is 27.8 Å². The molecule has 0 N–H and O–H groups in total. The second kappa shape index (κ2) is 6.76. The van der Waals surface area contributed by atoms with Crippen LogP contribution in [0.1, 0.15) is 23.6 Å². The van der Waals surface area contributed by atoms with Crippen LogP contribution in [-0.2, 0) is 12.0 Å². The number of benzene rings is 3. The third-order valence-electron chi connectivity index (χ3n) is 7.64. The highest BCUT2D eigenvalue weighted by atomic mass is 19.1. The van der Waals surface area contributed by atoms with E-state index in [0.717, 1.165) is 35.6 Å². The number of piperidine rings is 1. The average molecular weight is 412 g/mol. The number of fused-ring (bicyclic) bond motifs is 2. The van der Waals surface area contributed by atoms with Crippen molar-refractivity contribution in [2.24, 2.45) is 11.8 Å². The normalized spacial score (nSPS) is 25.1. The van der Waals surface area contributed by atoms with E-state index < -0.39 is 0 Å². The van der Waals surface area contributed by atoms with Crippen molar-refractivity contribution in [2.75, 3.05) is 13.1 Å². The maximum atomic E-state index is 13.4. The molecule has 0 amide bonds. The molecule has 3 atom stereocenters. The lowest BCUT2D eigenvalue weighted by molar-refractivity contribution is 0.273. The molecule has 2 fully saturated rings. The van der Waals surface area contributed by atoms with Crippen molar-refractivity contribution >= 4 is 10.9 Å². The van der Waals surface area contributed by atoms with Gasteiger partial charge in [-0.25, -0.2) is 9.07 Å². The molecule has 4 heteroatoms. The molecule has 0 spiro atoms. The number of aromatic nitrogens is 2. The number of likely N-dealkylation sites (tertiary alicyclic amines) is 1. The first-order chi connectivity index (χ1) is 15.1. The fourth-order valence-corrected chi connectivity index (χ4v) is 5.98. The molecule has 1 saturated heterocycles. The first kappa shape index (κ1) is 18.8. The minimum Gasteiger partial charge on any atom is -0.298 e. The van der Waals surface area contributed by atoms with E-state index in [1.807, 2.05) is 10.9 Å². The summed E-state index contributed by atoms with van der Waals surface area (Å²) in [6.07, 6.45) is 1.94. The highest BCUT2D eigenvalue weighted by Gasteiger charge is 2.67. The second-order valence-electron chi connectivity index (χ2n) is 9.35. The zero-order valence-electron chi connectivity index (χ0n) is 17.9. The molecular formula is C27H26FN3. The van der Waals surface area contributed by atoms with Gasteiger partial charge in [0, 0.05) is 30.4 Å². The molecule has 3 aromatic carbocycles. The lowest BCUT2D eigenvalue weighted by Gasteiger charge is -2.24. The Morgan fingerprint density at radius 1 is 1.06 bits per heavy atom. The second-order valence-corrected chi connectivity index (χ2v) is 9.35. The quantitative estimate of drug-likeness (QED) is 0.443. The van der Waals surface area contributed by atoms with Crippen molar-refractivity contribution in [3.63, 3.8) is 0 Å². The zero-order valence-corrected chi connectivity index (χ0v) is 17.9. The lowest BCUT2D eigenvalue weighted by atomic mass is 9.88. The summed E-state index contributed by atoms with van der Waals surface area (Å²) < 4.78 is 15.3. The van der Waals surface area contributed by atoms with Gasteiger partial charge in [0.1, 0.15) is 5.82 Å². The highest BCUT2D eigenvalue weighted by molar-refractivity contribution is 5.83. The third-order valence-corrected chi connectivity index (χ3v) is 7.64. The minimum absolute atomic E-state index is 0.229. The summed E-state index contributed by atoms with van der Waals surface area (Å²) >= 11 is 0. The van der Waals surface area contributed by atoms with Crippen LogP contribution in [0.25, 0.3) is 16.6 Å². The van der Waals surface area contributed by atoms with E-state index in [1.165, 1.54) is 35.4 Å². The van der Waals surface area contributed by atoms with Crippen molar-refractivity contribution in [1.82, 2.24) is 14.7 Å². The summed E-state index contributed by atoms with van der Waals surface area (Å²) in [5.74, 6) is 1.20. The van der Waals surface area contributed by atoms with E-state index in [9.17, 15) is 4.39 Å². The molecule has 1 aromatic heterocycles. The van der Waals surface area contributed by atoms with Gasteiger partial charge in [-0.1, -0.05) is 37.3 Å². The number of nitrogens with zero attached hydrogens (tertiary/aromatic N) is 3. The van der Waals surface area contributed by atoms with Crippen LogP contribution in [0, 0.1) is 24.6 Å². The first-order valence-electron chi connectivity index (χ1n) is 11.1. The zero-order chi connectivity index (χ0) is 21.2. The van der Waals surface area contributed by atoms with Crippen molar-refractivity contribution in [1.29, 1.82) is 0 Å². The van der Waals surface area contributed by atoms with Gasteiger partial charge in [0.25, 0.3) is 0 Å². The fraction of sp³-hybridized carbons (Fsp3) is 0.296. The van der Waals surface area contributed by atoms with Crippen LogP contribution in [0.3, 0.4) is 0 Å². The monoisotopic (exact) mass is 411 g/mol. The van der Waals surface area contributed by atoms with E-state index in [1.54, 1.807) is 12.1 Å². The fourth-order valence-electron chi connectivity index (χ4n) is 5.98. The number of halogens is 1. The SMILES string of the molecule is Cc1cc2c(cnn2-c2ccc(F)cc2)cc1[C@@]12CN(Cc3ccccc3)C[C@@H]1[C@H]2C. The van der Waals surface area contributed by atoms with E-state index in [2.05, 4.69) is 66.3 Å². The molecular weight excluding hydrogens is 385 g/mol. The molecule has 1 aliphatic carbocycles. The molecule has 31 heavy (non-hydrogen) atoms. The third kappa shape index (κ3) is 2.85. The van der Waals surface area contributed by atoms with Gasteiger partial charge in [0.2, 0.25) is 0 Å². The van der Waals surface area contributed by atoms with E-state index >= 15 is 0 Å². The molecule has 2 aliphatic rings. The van der Waals surface area contributed by atoms with Crippen LogP contribution in [0.15, 0.2) is 72.9 Å². The Bertz CT molecular complexity index is 1260. The van der Waals surface area contributed by atoms with Crippen LogP contribution in [0.4, 0.5) is 4.39 Å². The van der Waals surface area contributed by atoms with Gasteiger partial charge in [-0.05, 0) is 71.8 Å². The Morgan fingerprint density at radius 2 is 1.84 bits per heavy atom. The Balaban J connectivity index is 1.34. The molecule has 0 radical (unpaired) electrons. The van der Waals surface area contributed by atoms with Crippen LogP contribution in [0.2, 0.25) is 0 Å². The molecule has 0 unspecified atom stereocenters. The predicted octanol–water partition coefficient (Wildman–Crippen LogP) is 5.49. The molecule has 6 rings (SSSR count). The topological polar surface area (TPSA) is 21.1 Å². The number of rotatable bonds is 4. The molecule has 156 valence electrons. The summed E-state index contributed by atoms with van der Waals surface area (Å²) in [7, 11) is 0. The van der Waals surface area contributed by atoms with Gasteiger partial charge >= 0.3 is 0 Å². The lowest BCUT2D eigenvalue weighted by Crippen LogP contribution is -2.28. The summed E-state index contributed by atoms with van der Waals surface area (Å²) in [5.41, 5.74) is 6.41. The minimum atomic E-state index is -0.229. The first-order valence-corrected chi connectivity index (χ1v) is 11.1. The maximum absolute atomic E-state index is 13.4. The molecule has 4 aromatic rings. The van der Waals surface area contributed by atoms with Crippen LogP contribution >= 0.6 is 0 Å². The van der Waals surface area contributed by atoms with Crippen LogP contribution < -0.4 is 0 Å². The van der Waals surface area contributed by atoms with Crippen LogP contribution in [0.5, 0.6) is 0 Å². The Morgan fingerprint density at radius 3 is 2.61 bits per heavy atom. The van der Waals surface area contributed by atoms with E-state index in [0.29, 0.717) is 5.92 Å². The largest absolute Gasteiger partial charge is 0.298 e. The number of hydrogen-bond donors (Lipinski definition) is 0. The number of aryl methyl sites for hydroxylation is 1. The summed E-state index contributed by atoms with van der Waals surface area (Å²) in [4.78, 5) is 2.62. The molecule has 3 nitrogen and oxygen atoms in total. The molecule has 2 heterocycles. The van der Waals surface area contributed by atoms with Crippen molar-refractivity contribution in [3.8, 4) is 5.69 Å². The average Bonchev–Trinajstić information content (AvgIpc) is 3.11. The van der Waals surface area contributed by atoms with Gasteiger partial charge in [0.05, 0.1) is 17.4 Å². The summed E-state index contributed by atoms with van der Waals surface area (Å²) in [6.45, 7) is 7.95. The summed E-state index contributed by atoms with van der Waals surface area (Å²) in [5, 5.41) is 5.77. The van der Waals surface area contributed by atoms with E-state index in [-0.39, 0.29) is 11.2 Å². The van der Waals surface area contributed by atoms with Crippen molar-refractivity contribution < 1.29 is 4.39 Å². The van der Waals surface area contributed by atoms with Gasteiger partial charge in [-0.2, -0.15) is 5.10 Å². The molecule has 1 saturated carbocycles. The Labute approximate surface area is 182 Å². The van der Waals surface area contributed by atoms with Crippen molar-refractivity contribution in [2.45, 2.75) is 25.8 Å².